The van der Waals surface area contributed by atoms with Crippen molar-refractivity contribution < 1.29 is 4.79 Å². The first-order chi connectivity index (χ1) is 15.8. The highest BCUT2D eigenvalue weighted by Gasteiger charge is 2.33. The lowest BCUT2D eigenvalue weighted by Crippen LogP contribution is -2.55. The summed E-state index contributed by atoms with van der Waals surface area (Å²) in [5, 5.41) is 1.10. The summed E-state index contributed by atoms with van der Waals surface area (Å²) in [7, 11) is 0. The van der Waals surface area contributed by atoms with Crippen LogP contribution in [-0.4, -0.2) is 59.3 Å². The molecule has 7 heteroatoms. The summed E-state index contributed by atoms with van der Waals surface area (Å²) in [5.41, 5.74) is 9.51. The fourth-order valence-electron chi connectivity index (χ4n) is 4.47. The van der Waals surface area contributed by atoms with E-state index < -0.39 is 10.9 Å². The number of hydrogen-bond donors (Lipinski definition) is 1. The molecule has 1 aliphatic carbocycles. The van der Waals surface area contributed by atoms with Crippen LogP contribution >= 0.6 is 34.8 Å². The van der Waals surface area contributed by atoms with E-state index in [0.29, 0.717) is 29.6 Å². The number of rotatable bonds is 6. The Balaban J connectivity index is 1.29. The van der Waals surface area contributed by atoms with Crippen LogP contribution in [0.5, 0.6) is 0 Å². The van der Waals surface area contributed by atoms with Crippen LogP contribution in [0, 0.1) is 0 Å². The number of nitrogens with two attached hydrogens (primary N) is 1. The molecule has 1 fully saturated rings. The molecule has 4 nitrogen and oxygen atoms in total. The molecule has 0 saturated carbocycles. The Morgan fingerprint density at radius 2 is 1.79 bits per heavy atom. The van der Waals surface area contributed by atoms with Crippen molar-refractivity contribution >= 4 is 46.3 Å². The molecule has 1 heterocycles. The Kier molecular flexibility index (Phi) is 7.83. The zero-order valence-electron chi connectivity index (χ0n) is 18.4. The molecule has 33 heavy (non-hydrogen) atoms. The second kappa shape index (κ2) is 10.6. The highest BCUT2D eigenvalue weighted by molar-refractivity contribution is 6.35. The van der Waals surface area contributed by atoms with Crippen LogP contribution in [0.25, 0.3) is 5.57 Å². The van der Waals surface area contributed by atoms with E-state index >= 15 is 0 Å². The molecule has 2 atom stereocenters. The minimum Gasteiger partial charge on any atom is -0.339 e. The minimum atomic E-state index is -0.630. The lowest BCUT2D eigenvalue weighted by molar-refractivity contribution is -0.134. The summed E-state index contributed by atoms with van der Waals surface area (Å²) in [6.45, 7) is 3.56. The van der Waals surface area contributed by atoms with E-state index in [1.807, 2.05) is 29.2 Å². The van der Waals surface area contributed by atoms with Gasteiger partial charge in [-0.2, -0.15) is 0 Å². The summed E-state index contributed by atoms with van der Waals surface area (Å²) in [5.74, 6) is -0.0480. The molecule has 4 rings (SSSR count). The normalized spacial score (nSPS) is 22.2. The molecule has 2 unspecified atom stereocenters. The Morgan fingerprint density at radius 3 is 2.48 bits per heavy atom. The average Bonchev–Trinajstić information content (AvgIpc) is 2.81. The highest BCUT2D eigenvalue weighted by atomic mass is 35.5. The van der Waals surface area contributed by atoms with Gasteiger partial charge in [-0.15, -0.1) is 11.6 Å². The van der Waals surface area contributed by atoms with E-state index in [1.165, 1.54) is 11.1 Å². The molecule has 0 radical (unpaired) electrons. The maximum absolute atomic E-state index is 12.9. The number of carbonyl (C=O) groups is 1. The van der Waals surface area contributed by atoms with E-state index in [-0.39, 0.29) is 5.91 Å². The number of hydrogen-bond acceptors (Lipinski definition) is 3. The molecule has 2 aliphatic rings. The second-order valence-corrected chi connectivity index (χ2v) is 10.4. The van der Waals surface area contributed by atoms with Gasteiger partial charge in [0, 0.05) is 42.8 Å². The van der Waals surface area contributed by atoms with E-state index in [9.17, 15) is 4.79 Å². The van der Waals surface area contributed by atoms with Crippen LogP contribution in [0.2, 0.25) is 10.0 Å². The van der Waals surface area contributed by atoms with Gasteiger partial charge in [-0.05, 0) is 41.7 Å². The molecule has 0 bridgehead atoms. The van der Waals surface area contributed by atoms with Crippen LogP contribution in [0.15, 0.2) is 66.8 Å². The molecule has 0 aromatic heterocycles. The maximum atomic E-state index is 12.9. The van der Waals surface area contributed by atoms with Crippen molar-refractivity contribution in [3.63, 3.8) is 0 Å². The third kappa shape index (κ3) is 6.20. The Hall–Kier alpha value is -1.82. The van der Waals surface area contributed by atoms with Gasteiger partial charge in [0.15, 0.2) is 0 Å². The van der Waals surface area contributed by atoms with E-state index in [2.05, 4.69) is 35.3 Å². The van der Waals surface area contributed by atoms with Gasteiger partial charge in [-0.25, -0.2) is 0 Å². The van der Waals surface area contributed by atoms with Crippen LogP contribution in [0.4, 0.5) is 0 Å². The first-order valence-electron chi connectivity index (χ1n) is 11.2. The standard InChI is InChI=1S/C26H28Cl3N3O/c27-22-9-8-20(23(28)16-22)15-24(30)25(33)32-13-11-31(12-14-32)18-26(29)10-4-7-21(17-26)19-5-2-1-3-6-19/h1-10,16,24H,11-15,17-18,30H2. The van der Waals surface area contributed by atoms with Gasteiger partial charge in [0.25, 0.3) is 0 Å². The Bertz CT molecular complexity index is 1050. The molecular weight excluding hydrogens is 477 g/mol. The van der Waals surface area contributed by atoms with Gasteiger partial charge in [0.2, 0.25) is 5.91 Å². The number of halogens is 3. The molecule has 1 saturated heterocycles. The third-order valence-electron chi connectivity index (χ3n) is 6.26. The summed E-state index contributed by atoms with van der Waals surface area (Å²) >= 11 is 19.2. The van der Waals surface area contributed by atoms with Crippen molar-refractivity contribution in [2.24, 2.45) is 5.73 Å². The SMILES string of the molecule is NC(Cc1ccc(Cl)cc1Cl)C(=O)N1CCN(CC2(Cl)C=CC=C(c3ccccc3)C2)CC1. The summed E-state index contributed by atoms with van der Waals surface area (Å²) in [4.78, 5) is 16.6. The number of nitrogens with zero attached hydrogens (tertiary/aromatic N) is 2. The summed E-state index contributed by atoms with van der Waals surface area (Å²) < 4.78 is 0. The number of alkyl halides is 1. The fourth-order valence-corrected chi connectivity index (χ4v) is 5.35. The monoisotopic (exact) mass is 503 g/mol. The molecule has 174 valence electrons. The van der Waals surface area contributed by atoms with Crippen molar-refractivity contribution in [2.45, 2.75) is 23.8 Å². The van der Waals surface area contributed by atoms with E-state index in [1.54, 1.807) is 12.1 Å². The quantitative estimate of drug-likeness (QED) is 0.562. The van der Waals surface area contributed by atoms with Gasteiger partial charge < -0.3 is 10.6 Å². The molecule has 1 aliphatic heterocycles. The maximum Gasteiger partial charge on any atom is 0.239 e. The van der Waals surface area contributed by atoms with Gasteiger partial charge in [-0.3, -0.25) is 9.69 Å². The number of carbonyl (C=O) groups excluding carboxylic acids is 1. The number of amides is 1. The largest absolute Gasteiger partial charge is 0.339 e. The van der Waals surface area contributed by atoms with Crippen LogP contribution in [-0.2, 0) is 11.2 Å². The van der Waals surface area contributed by atoms with Crippen molar-refractivity contribution in [2.75, 3.05) is 32.7 Å². The van der Waals surface area contributed by atoms with Gasteiger partial charge in [0.05, 0.1) is 10.9 Å². The summed E-state index contributed by atoms with van der Waals surface area (Å²) in [6.07, 6.45) is 7.45. The van der Waals surface area contributed by atoms with Crippen molar-refractivity contribution in [3.8, 4) is 0 Å². The molecule has 2 aromatic carbocycles. The van der Waals surface area contributed by atoms with Gasteiger partial charge in [0.1, 0.15) is 0 Å². The van der Waals surface area contributed by atoms with Crippen LogP contribution < -0.4 is 5.73 Å². The first kappa shape index (κ1) is 24.3. The Morgan fingerprint density at radius 1 is 1.06 bits per heavy atom. The van der Waals surface area contributed by atoms with Crippen molar-refractivity contribution in [3.05, 3.63) is 87.9 Å². The van der Waals surface area contributed by atoms with Crippen LogP contribution in [0.3, 0.4) is 0 Å². The molecule has 2 N–H and O–H groups in total. The molecule has 1 amide bonds. The van der Waals surface area contributed by atoms with Gasteiger partial charge in [-0.1, -0.05) is 77.8 Å². The summed E-state index contributed by atoms with van der Waals surface area (Å²) in [6, 6.07) is 15.0. The average molecular weight is 505 g/mol. The molecule has 2 aromatic rings. The minimum absolute atomic E-state index is 0.0480. The predicted molar refractivity (Wildman–Crippen MR) is 138 cm³/mol. The van der Waals surface area contributed by atoms with E-state index in [4.69, 9.17) is 40.5 Å². The predicted octanol–water partition coefficient (Wildman–Crippen LogP) is 5.03. The highest BCUT2D eigenvalue weighted by Crippen LogP contribution is 2.35. The van der Waals surface area contributed by atoms with Crippen molar-refractivity contribution in [1.29, 1.82) is 0 Å². The number of allylic oxidation sites excluding steroid dienone is 3. The van der Waals surface area contributed by atoms with E-state index in [0.717, 1.165) is 31.6 Å². The topological polar surface area (TPSA) is 49.6 Å². The zero-order valence-corrected chi connectivity index (χ0v) is 20.7. The second-order valence-electron chi connectivity index (χ2n) is 8.78. The fraction of sp³-hybridized carbons (Fsp3) is 0.346. The lowest BCUT2D eigenvalue weighted by Gasteiger charge is -2.39. The number of piperazine rings is 1. The van der Waals surface area contributed by atoms with Crippen LogP contribution in [0.1, 0.15) is 17.5 Å². The molecular formula is C26H28Cl3N3O. The number of benzene rings is 2. The first-order valence-corrected chi connectivity index (χ1v) is 12.3. The third-order valence-corrected chi connectivity index (χ3v) is 7.23. The zero-order chi connectivity index (χ0) is 23.4. The van der Waals surface area contributed by atoms with Gasteiger partial charge >= 0.3 is 0 Å². The Labute approximate surface area is 210 Å². The lowest BCUT2D eigenvalue weighted by atomic mass is 9.89. The smallest absolute Gasteiger partial charge is 0.239 e. The van der Waals surface area contributed by atoms with Crippen molar-refractivity contribution in [1.82, 2.24) is 9.80 Å². The molecule has 0 spiro atoms.